The van der Waals surface area contributed by atoms with Crippen LogP contribution in [0.1, 0.15) is 19.8 Å². The number of amides is 2. The van der Waals surface area contributed by atoms with E-state index < -0.39 is 0 Å². The third-order valence-corrected chi connectivity index (χ3v) is 2.42. The molecule has 1 aliphatic rings. The fourth-order valence-electron chi connectivity index (χ4n) is 1.55. The van der Waals surface area contributed by atoms with Gasteiger partial charge in [-0.2, -0.15) is 0 Å². The van der Waals surface area contributed by atoms with Crippen LogP contribution in [0.5, 0.6) is 0 Å². The zero-order valence-corrected chi connectivity index (χ0v) is 8.47. The highest BCUT2D eigenvalue weighted by Crippen LogP contribution is 2.07. The summed E-state index contributed by atoms with van der Waals surface area (Å²) in [5.41, 5.74) is 0. The van der Waals surface area contributed by atoms with E-state index in [-0.39, 0.29) is 6.03 Å². The van der Waals surface area contributed by atoms with Gasteiger partial charge in [0.05, 0.1) is 0 Å². The summed E-state index contributed by atoms with van der Waals surface area (Å²) in [6.07, 6.45) is 2.21. The van der Waals surface area contributed by atoms with Gasteiger partial charge >= 0.3 is 6.03 Å². The Balaban J connectivity index is 2.16. The molecule has 1 unspecified atom stereocenters. The number of hydrogen-bond acceptors (Lipinski definition) is 2. The summed E-state index contributed by atoms with van der Waals surface area (Å²) in [6, 6.07) is 0.457. The molecule has 0 saturated carbocycles. The van der Waals surface area contributed by atoms with Crippen LogP contribution in [0.15, 0.2) is 0 Å². The average Bonchev–Trinajstić information content (AvgIpc) is 2.42. The number of nitrogens with zero attached hydrogens (tertiary/aromatic N) is 1. The van der Waals surface area contributed by atoms with Gasteiger partial charge in [0, 0.05) is 19.1 Å². The summed E-state index contributed by atoms with van der Waals surface area (Å²) in [6.45, 7) is 4.79. The summed E-state index contributed by atoms with van der Waals surface area (Å²) in [4.78, 5) is 13.2. The SMILES string of the molecule is CNCCCCN1C(=O)NCC1C. The Morgan fingerprint density at radius 1 is 1.62 bits per heavy atom. The van der Waals surface area contributed by atoms with Crippen LogP contribution in [0.2, 0.25) is 0 Å². The van der Waals surface area contributed by atoms with Crippen LogP contribution in [0.25, 0.3) is 0 Å². The summed E-state index contributed by atoms with van der Waals surface area (Å²) in [5.74, 6) is 0. The quantitative estimate of drug-likeness (QED) is 0.609. The highest BCUT2D eigenvalue weighted by molar-refractivity contribution is 5.76. The van der Waals surface area contributed by atoms with Gasteiger partial charge in [-0.3, -0.25) is 0 Å². The Morgan fingerprint density at radius 2 is 2.38 bits per heavy atom. The highest BCUT2D eigenvalue weighted by atomic mass is 16.2. The molecular weight excluding hydrogens is 166 g/mol. The molecule has 0 spiro atoms. The lowest BCUT2D eigenvalue weighted by Crippen LogP contribution is -2.33. The lowest BCUT2D eigenvalue weighted by molar-refractivity contribution is 0.205. The molecule has 2 amide bonds. The van der Waals surface area contributed by atoms with Crippen LogP contribution in [-0.4, -0.2) is 43.7 Å². The van der Waals surface area contributed by atoms with Crippen molar-refractivity contribution < 1.29 is 4.79 Å². The number of rotatable bonds is 5. The normalized spacial score (nSPS) is 22.2. The Hall–Kier alpha value is -0.770. The number of hydrogen-bond donors (Lipinski definition) is 2. The summed E-state index contributed by atoms with van der Waals surface area (Å²) >= 11 is 0. The molecule has 13 heavy (non-hydrogen) atoms. The lowest BCUT2D eigenvalue weighted by Gasteiger charge is -2.19. The molecule has 1 heterocycles. The molecule has 0 bridgehead atoms. The first kappa shape index (κ1) is 10.3. The molecule has 0 radical (unpaired) electrons. The molecular formula is C9H19N3O. The lowest BCUT2D eigenvalue weighted by atomic mass is 10.2. The van der Waals surface area contributed by atoms with Crippen molar-refractivity contribution in [2.75, 3.05) is 26.7 Å². The third-order valence-electron chi connectivity index (χ3n) is 2.42. The monoisotopic (exact) mass is 185 g/mol. The topological polar surface area (TPSA) is 44.4 Å². The number of urea groups is 1. The van der Waals surface area contributed by atoms with Gasteiger partial charge in [0.25, 0.3) is 0 Å². The zero-order chi connectivity index (χ0) is 9.68. The third kappa shape index (κ3) is 2.88. The van der Waals surface area contributed by atoms with Crippen LogP contribution in [0.4, 0.5) is 4.79 Å². The van der Waals surface area contributed by atoms with E-state index >= 15 is 0 Å². The Kier molecular flexibility index (Phi) is 4.02. The smallest absolute Gasteiger partial charge is 0.317 e. The minimum atomic E-state index is 0.0944. The molecule has 1 fully saturated rings. The Morgan fingerprint density at radius 3 is 2.92 bits per heavy atom. The zero-order valence-electron chi connectivity index (χ0n) is 8.47. The van der Waals surface area contributed by atoms with Gasteiger partial charge in [0.2, 0.25) is 0 Å². The molecule has 1 aliphatic heterocycles. The maximum Gasteiger partial charge on any atom is 0.317 e. The van der Waals surface area contributed by atoms with Gasteiger partial charge in [0.1, 0.15) is 0 Å². The van der Waals surface area contributed by atoms with E-state index in [1.165, 1.54) is 0 Å². The minimum absolute atomic E-state index is 0.0944. The predicted octanol–water partition coefficient (Wildman–Crippen LogP) is 0.400. The predicted molar refractivity (Wildman–Crippen MR) is 52.7 cm³/mol. The number of nitrogens with one attached hydrogen (secondary N) is 2. The van der Waals surface area contributed by atoms with Crippen molar-refractivity contribution in [1.82, 2.24) is 15.5 Å². The molecule has 0 aromatic rings. The van der Waals surface area contributed by atoms with Crippen molar-refractivity contribution in [3.63, 3.8) is 0 Å². The average molecular weight is 185 g/mol. The molecule has 76 valence electrons. The van der Waals surface area contributed by atoms with Crippen molar-refractivity contribution in [3.05, 3.63) is 0 Å². The molecule has 1 rings (SSSR count). The van der Waals surface area contributed by atoms with Gasteiger partial charge < -0.3 is 15.5 Å². The van der Waals surface area contributed by atoms with Crippen LogP contribution >= 0.6 is 0 Å². The first-order valence-corrected chi connectivity index (χ1v) is 4.94. The molecule has 4 heteroatoms. The molecule has 1 saturated heterocycles. The van der Waals surface area contributed by atoms with Gasteiger partial charge in [-0.1, -0.05) is 0 Å². The van der Waals surface area contributed by atoms with Crippen LogP contribution in [0.3, 0.4) is 0 Å². The fraction of sp³-hybridized carbons (Fsp3) is 0.889. The van der Waals surface area contributed by atoms with Gasteiger partial charge in [-0.15, -0.1) is 0 Å². The molecule has 0 aliphatic carbocycles. The van der Waals surface area contributed by atoms with Crippen molar-refractivity contribution in [2.45, 2.75) is 25.8 Å². The van der Waals surface area contributed by atoms with Crippen molar-refractivity contribution in [1.29, 1.82) is 0 Å². The van der Waals surface area contributed by atoms with Crippen molar-refractivity contribution in [3.8, 4) is 0 Å². The minimum Gasteiger partial charge on any atom is -0.336 e. The standard InChI is InChI=1S/C9H19N3O/c1-8-7-11-9(13)12(8)6-4-3-5-10-2/h8,10H,3-7H2,1-2H3,(H,11,13). The van der Waals surface area contributed by atoms with Crippen LogP contribution in [-0.2, 0) is 0 Å². The van der Waals surface area contributed by atoms with E-state index in [0.29, 0.717) is 6.04 Å². The number of unbranched alkanes of at least 4 members (excludes halogenated alkanes) is 1. The van der Waals surface area contributed by atoms with Gasteiger partial charge in [-0.05, 0) is 33.4 Å². The molecule has 0 aromatic heterocycles. The van der Waals surface area contributed by atoms with E-state index in [1.807, 2.05) is 11.9 Å². The second-order valence-electron chi connectivity index (χ2n) is 3.54. The molecule has 4 nitrogen and oxygen atoms in total. The van der Waals surface area contributed by atoms with E-state index in [9.17, 15) is 4.79 Å². The van der Waals surface area contributed by atoms with Gasteiger partial charge in [0.15, 0.2) is 0 Å². The molecule has 2 N–H and O–H groups in total. The largest absolute Gasteiger partial charge is 0.336 e. The number of carbonyl (C=O) groups is 1. The second kappa shape index (κ2) is 5.07. The highest BCUT2D eigenvalue weighted by Gasteiger charge is 2.25. The fourth-order valence-corrected chi connectivity index (χ4v) is 1.55. The second-order valence-corrected chi connectivity index (χ2v) is 3.54. The molecule has 0 aromatic carbocycles. The van der Waals surface area contributed by atoms with E-state index in [2.05, 4.69) is 17.6 Å². The van der Waals surface area contributed by atoms with E-state index in [4.69, 9.17) is 0 Å². The molecule has 1 atom stereocenters. The first-order valence-electron chi connectivity index (χ1n) is 4.94. The summed E-state index contributed by atoms with van der Waals surface area (Å²) in [7, 11) is 1.95. The Bertz CT molecular complexity index is 172. The van der Waals surface area contributed by atoms with Crippen LogP contribution < -0.4 is 10.6 Å². The Labute approximate surface area is 79.7 Å². The van der Waals surface area contributed by atoms with Gasteiger partial charge in [-0.25, -0.2) is 4.79 Å². The van der Waals surface area contributed by atoms with Crippen LogP contribution in [0, 0.1) is 0 Å². The summed E-state index contributed by atoms with van der Waals surface area (Å²) in [5, 5.41) is 5.93. The van der Waals surface area contributed by atoms with E-state index in [1.54, 1.807) is 0 Å². The maximum atomic E-state index is 11.2. The maximum absolute atomic E-state index is 11.2. The van der Waals surface area contributed by atoms with Crippen molar-refractivity contribution in [2.24, 2.45) is 0 Å². The number of carbonyl (C=O) groups excluding carboxylic acids is 1. The first-order chi connectivity index (χ1) is 6.25. The van der Waals surface area contributed by atoms with E-state index in [0.717, 1.165) is 32.5 Å². The van der Waals surface area contributed by atoms with Crippen molar-refractivity contribution >= 4 is 6.03 Å². The summed E-state index contributed by atoms with van der Waals surface area (Å²) < 4.78 is 0.